The Labute approximate surface area is 286 Å². The quantitative estimate of drug-likeness (QED) is 0.137. The first-order chi connectivity index (χ1) is 24.8. The summed E-state index contributed by atoms with van der Waals surface area (Å²) in [5, 5.41) is 17.8. The van der Waals surface area contributed by atoms with Crippen LogP contribution in [0.4, 0.5) is 0 Å². The minimum atomic E-state index is 0.894. The van der Waals surface area contributed by atoms with Gasteiger partial charge in [-0.25, -0.2) is 0 Å². The predicted octanol–water partition coefficient (Wildman–Crippen LogP) is 13.6. The molecule has 2 heteroatoms. The molecule has 12 rings (SSSR count). The lowest BCUT2D eigenvalue weighted by Gasteiger charge is -2.18. The third kappa shape index (κ3) is 3.32. The van der Waals surface area contributed by atoms with E-state index in [9.17, 15) is 0 Å². The van der Waals surface area contributed by atoms with Gasteiger partial charge in [-0.05, 0) is 102 Å². The van der Waals surface area contributed by atoms with Crippen molar-refractivity contribution in [1.29, 1.82) is 0 Å². The zero-order valence-electron chi connectivity index (χ0n) is 26.9. The number of nitrogens with zero attached hydrogens (tertiary/aromatic N) is 1. The summed E-state index contributed by atoms with van der Waals surface area (Å²) in [6, 6.07) is 59.9. The highest BCUT2D eigenvalue weighted by Gasteiger charge is 2.20. The first kappa shape index (κ1) is 26.3. The summed E-state index contributed by atoms with van der Waals surface area (Å²) in [6.45, 7) is 0. The molecule has 0 aliphatic carbocycles. The zero-order chi connectivity index (χ0) is 32.5. The molecule has 0 amide bonds. The maximum absolute atomic E-state index is 6.80. The van der Waals surface area contributed by atoms with Gasteiger partial charge in [-0.2, -0.15) is 0 Å². The molecule has 0 N–H and O–H groups in total. The largest absolute Gasteiger partial charge is 0.455 e. The topological polar surface area (TPSA) is 18.1 Å². The Balaban J connectivity index is 1.16. The van der Waals surface area contributed by atoms with E-state index in [1.54, 1.807) is 0 Å². The summed E-state index contributed by atoms with van der Waals surface area (Å²) in [5.41, 5.74) is 7.62. The highest BCUT2D eigenvalue weighted by Crippen LogP contribution is 2.47. The van der Waals surface area contributed by atoms with Crippen molar-refractivity contribution in [2.45, 2.75) is 0 Å². The fourth-order valence-corrected chi connectivity index (χ4v) is 9.02. The van der Waals surface area contributed by atoms with Gasteiger partial charge in [-0.15, -0.1) is 0 Å². The molecule has 0 aliphatic heterocycles. The number of fused-ring (bicyclic) bond motifs is 12. The fourth-order valence-electron chi connectivity index (χ4n) is 9.02. The molecular formula is C48H27NO. The van der Waals surface area contributed by atoms with E-state index in [0.717, 1.165) is 33.2 Å². The van der Waals surface area contributed by atoms with Crippen LogP contribution in [0.3, 0.4) is 0 Å². The van der Waals surface area contributed by atoms with Crippen LogP contribution in [-0.4, -0.2) is 4.57 Å². The van der Waals surface area contributed by atoms with Gasteiger partial charge >= 0.3 is 0 Å². The number of hydrogen-bond acceptors (Lipinski definition) is 1. The molecule has 0 atom stereocenters. The second-order valence-corrected chi connectivity index (χ2v) is 13.6. The number of furan rings is 1. The van der Waals surface area contributed by atoms with Crippen molar-refractivity contribution in [1.82, 2.24) is 4.57 Å². The lowest BCUT2D eigenvalue weighted by molar-refractivity contribution is 0.670. The van der Waals surface area contributed by atoms with E-state index in [2.05, 4.69) is 168 Å². The van der Waals surface area contributed by atoms with E-state index in [1.165, 1.54) is 81.2 Å². The van der Waals surface area contributed by atoms with Gasteiger partial charge in [0.2, 0.25) is 0 Å². The fraction of sp³-hybridized carbons (Fsp3) is 0. The van der Waals surface area contributed by atoms with Crippen molar-refractivity contribution in [3.05, 3.63) is 164 Å². The summed E-state index contributed by atoms with van der Waals surface area (Å²) in [7, 11) is 0. The molecule has 2 nitrogen and oxygen atoms in total. The van der Waals surface area contributed by atoms with Gasteiger partial charge in [-0.3, -0.25) is 0 Å². The summed E-state index contributed by atoms with van der Waals surface area (Å²) in [5.74, 6) is 0. The van der Waals surface area contributed by atoms with Gasteiger partial charge < -0.3 is 8.98 Å². The smallest absolute Gasteiger partial charge is 0.143 e. The van der Waals surface area contributed by atoms with Crippen molar-refractivity contribution >= 4 is 97.6 Å². The van der Waals surface area contributed by atoms with Crippen molar-refractivity contribution in [3.63, 3.8) is 0 Å². The maximum Gasteiger partial charge on any atom is 0.143 e. The number of hydrogen-bond donors (Lipinski definition) is 0. The first-order valence-corrected chi connectivity index (χ1v) is 17.3. The van der Waals surface area contributed by atoms with Crippen LogP contribution < -0.4 is 0 Å². The zero-order valence-corrected chi connectivity index (χ0v) is 26.9. The van der Waals surface area contributed by atoms with Crippen molar-refractivity contribution < 1.29 is 4.42 Å². The monoisotopic (exact) mass is 633 g/mol. The average Bonchev–Trinajstić information content (AvgIpc) is 3.73. The molecule has 2 aromatic heterocycles. The molecule has 0 unspecified atom stereocenters. The van der Waals surface area contributed by atoms with Gasteiger partial charge in [-0.1, -0.05) is 121 Å². The average molecular weight is 634 g/mol. The second-order valence-electron chi connectivity index (χ2n) is 13.6. The van der Waals surface area contributed by atoms with Crippen LogP contribution in [0.25, 0.3) is 114 Å². The third-order valence-corrected chi connectivity index (χ3v) is 11.1. The van der Waals surface area contributed by atoms with Gasteiger partial charge in [0.25, 0.3) is 0 Å². The van der Waals surface area contributed by atoms with E-state index in [4.69, 9.17) is 4.42 Å². The van der Waals surface area contributed by atoms with Gasteiger partial charge in [0.05, 0.1) is 11.0 Å². The summed E-state index contributed by atoms with van der Waals surface area (Å²) < 4.78 is 9.18. The number of para-hydroxylation sites is 3. The second kappa shape index (κ2) is 9.49. The van der Waals surface area contributed by atoms with Crippen LogP contribution in [0.1, 0.15) is 0 Å². The molecule has 0 saturated carbocycles. The molecule has 0 bridgehead atoms. The molecule has 10 aromatic carbocycles. The van der Waals surface area contributed by atoms with E-state index >= 15 is 0 Å². The molecule has 230 valence electrons. The number of benzene rings is 10. The van der Waals surface area contributed by atoms with Gasteiger partial charge in [0, 0.05) is 32.8 Å². The Morgan fingerprint density at radius 2 is 0.820 bits per heavy atom. The van der Waals surface area contributed by atoms with Crippen molar-refractivity contribution in [2.75, 3.05) is 0 Å². The highest BCUT2D eigenvalue weighted by atomic mass is 16.3. The minimum absolute atomic E-state index is 0.894. The van der Waals surface area contributed by atoms with E-state index in [-0.39, 0.29) is 0 Å². The van der Waals surface area contributed by atoms with Crippen LogP contribution in [0.5, 0.6) is 0 Å². The Bertz CT molecular complexity index is 3220. The molecule has 0 saturated heterocycles. The molecule has 50 heavy (non-hydrogen) atoms. The third-order valence-electron chi connectivity index (χ3n) is 11.1. The SMILES string of the molecule is c1cc(-c2cc3c4ccccc4c4cccc5c6ccccc6c(c2)c3c45)c2oc3ccc(-n4c5ccccc5c5ccccc54)cc3c2c1. The van der Waals surface area contributed by atoms with Crippen LogP contribution in [0.2, 0.25) is 0 Å². The summed E-state index contributed by atoms with van der Waals surface area (Å²) in [6.07, 6.45) is 0. The molecule has 2 heterocycles. The van der Waals surface area contributed by atoms with E-state index in [1.807, 2.05) is 0 Å². The normalized spacial score (nSPS) is 12.4. The molecule has 0 spiro atoms. The Morgan fingerprint density at radius 1 is 0.340 bits per heavy atom. The summed E-state index contributed by atoms with van der Waals surface area (Å²) >= 11 is 0. The van der Waals surface area contributed by atoms with Crippen molar-refractivity contribution in [3.8, 4) is 16.8 Å². The Hall–Kier alpha value is -6.64. The Kier molecular flexibility index (Phi) is 5.00. The van der Waals surface area contributed by atoms with E-state index < -0.39 is 0 Å². The van der Waals surface area contributed by atoms with Crippen molar-refractivity contribution in [2.24, 2.45) is 0 Å². The van der Waals surface area contributed by atoms with Crippen LogP contribution in [-0.2, 0) is 0 Å². The minimum Gasteiger partial charge on any atom is -0.455 e. The van der Waals surface area contributed by atoms with Gasteiger partial charge in [0.1, 0.15) is 11.2 Å². The van der Waals surface area contributed by atoms with Crippen LogP contribution >= 0.6 is 0 Å². The number of rotatable bonds is 2. The predicted molar refractivity (Wildman–Crippen MR) is 212 cm³/mol. The lowest BCUT2D eigenvalue weighted by atomic mass is 9.84. The summed E-state index contributed by atoms with van der Waals surface area (Å²) in [4.78, 5) is 0. The molecule has 0 fully saturated rings. The standard InChI is InChI=1S/C48H27NO/c1-3-13-33-31(11-1)37-18-10-19-38-32-12-2-4-14-34(32)42-26-28(25-41(33)47(42)46(37)38)30-17-9-20-39-40-27-29(23-24-45(40)50-48(30)39)49-43-21-7-5-15-35(43)36-16-6-8-22-44(36)49/h1-27H. The maximum atomic E-state index is 6.80. The molecule has 12 aromatic rings. The molecule has 0 aliphatic rings. The van der Waals surface area contributed by atoms with Crippen LogP contribution in [0.15, 0.2) is 168 Å². The molecule has 0 radical (unpaired) electrons. The number of aromatic nitrogens is 1. The lowest BCUT2D eigenvalue weighted by Crippen LogP contribution is -1.93. The first-order valence-electron chi connectivity index (χ1n) is 17.3. The Morgan fingerprint density at radius 3 is 1.44 bits per heavy atom. The molecular weight excluding hydrogens is 607 g/mol. The van der Waals surface area contributed by atoms with Gasteiger partial charge in [0.15, 0.2) is 0 Å². The van der Waals surface area contributed by atoms with E-state index in [0.29, 0.717) is 0 Å². The van der Waals surface area contributed by atoms with Crippen LogP contribution in [0, 0.1) is 0 Å². The highest BCUT2D eigenvalue weighted by molar-refractivity contribution is 6.40.